The Kier molecular flexibility index (Phi) is 3.80. The number of methoxy groups -OCH3 is 1. The molecule has 5 nitrogen and oxygen atoms in total. The van der Waals surface area contributed by atoms with E-state index in [2.05, 4.69) is 15.3 Å². The zero-order chi connectivity index (χ0) is 12.2. The summed E-state index contributed by atoms with van der Waals surface area (Å²) in [4.78, 5) is 8.30. The smallest absolute Gasteiger partial charge is 0.224 e. The molecule has 1 aromatic heterocycles. The standard InChI is InChI=1S/C11H16N4O/c1-8-5-9(6-12)14-10(13-8)15-11(2,3)7-16-4/h5H,7H2,1-4H3,(H,13,14,15). The number of hydrogen-bond donors (Lipinski definition) is 1. The number of aromatic nitrogens is 2. The Morgan fingerprint density at radius 1 is 1.50 bits per heavy atom. The van der Waals surface area contributed by atoms with Crippen LogP contribution in [-0.4, -0.2) is 29.2 Å². The van der Waals surface area contributed by atoms with Crippen molar-refractivity contribution in [1.82, 2.24) is 9.97 Å². The molecule has 0 amide bonds. The molecule has 1 N–H and O–H groups in total. The topological polar surface area (TPSA) is 70.8 Å². The van der Waals surface area contributed by atoms with Gasteiger partial charge < -0.3 is 10.1 Å². The molecule has 0 bridgehead atoms. The molecule has 0 unspecified atom stereocenters. The second-order valence-corrected chi connectivity index (χ2v) is 4.27. The highest BCUT2D eigenvalue weighted by Gasteiger charge is 2.18. The summed E-state index contributed by atoms with van der Waals surface area (Å²) in [6, 6.07) is 3.65. The molecule has 5 heteroatoms. The fourth-order valence-corrected chi connectivity index (χ4v) is 1.38. The van der Waals surface area contributed by atoms with Crippen molar-refractivity contribution in [2.75, 3.05) is 19.0 Å². The summed E-state index contributed by atoms with van der Waals surface area (Å²) >= 11 is 0. The number of nitrogens with one attached hydrogen (secondary N) is 1. The van der Waals surface area contributed by atoms with E-state index in [1.54, 1.807) is 13.2 Å². The maximum absolute atomic E-state index is 8.80. The van der Waals surface area contributed by atoms with E-state index >= 15 is 0 Å². The highest BCUT2D eigenvalue weighted by molar-refractivity contribution is 5.35. The molecule has 16 heavy (non-hydrogen) atoms. The van der Waals surface area contributed by atoms with E-state index in [4.69, 9.17) is 10.00 Å². The zero-order valence-corrected chi connectivity index (χ0v) is 10.0. The second kappa shape index (κ2) is 4.90. The minimum atomic E-state index is -0.269. The van der Waals surface area contributed by atoms with Gasteiger partial charge >= 0.3 is 0 Å². The van der Waals surface area contributed by atoms with Gasteiger partial charge in [-0.25, -0.2) is 9.97 Å². The monoisotopic (exact) mass is 220 g/mol. The quantitative estimate of drug-likeness (QED) is 0.832. The van der Waals surface area contributed by atoms with Gasteiger partial charge in [-0.05, 0) is 26.8 Å². The van der Waals surface area contributed by atoms with E-state index in [1.807, 2.05) is 26.8 Å². The van der Waals surface area contributed by atoms with Crippen LogP contribution in [0.25, 0.3) is 0 Å². The van der Waals surface area contributed by atoms with E-state index in [1.165, 1.54) is 0 Å². The molecule has 0 aliphatic heterocycles. The lowest BCUT2D eigenvalue weighted by atomic mass is 10.1. The van der Waals surface area contributed by atoms with Crippen molar-refractivity contribution < 1.29 is 4.74 Å². The molecule has 86 valence electrons. The molecular weight excluding hydrogens is 204 g/mol. The van der Waals surface area contributed by atoms with Crippen molar-refractivity contribution >= 4 is 5.95 Å². The van der Waals surface area contributed by atoms with Gasteiger partial charge in [-0.1, -0.05) is 0 Å². The van der Waals surface area contributed by atoms with Gasteiger partial charge in [-0.15, -0.1) is 0 Å². The fraction of sp³-hybridized carbons (Fsp3) is 0.545. The minimum Gasteiger partial charge on any atom is -0.382 e. The molecule has 0 atom stereocenters. The van der Waals surface area contributed by atoms with Crippen LogP contribution >= 0.6 is 0 Å². The second-order valence-electron chi connectivity index (χ2n) is 4.27. The molecule has 1 rings (SSSR count). The van der Waals surface area contributed by atoms with E-state index < -0.39 is 0 Å². The van der Waals surface area contributed by atoms with Gasteiger partial charge in [-0.2, -0.15) is 5.26 Å². The molecule has 1 aromatic rings. The number of nitrogens with zero attached hydrogens (tertiary/aromatic N) is 3. The lowest BCUT2D eigenvalue weighted by Crippen LogP contribution is -2.36. The fourth-order valence-electron chi connectivity index (χ4n) is 1.38. The molecule has 0 radical (unpaired) electrons. The highest BCUT2D eigenvalue weighted by atomic mass is 16.5. The Bertz CT molecular complexity index is 409. The first-order valence-electron chi connectivity index (χ1n) is 5.00. The summed E-state index contributed by atoms with van der Waals surface area (Å²) in [5.74, 6) is 0.457. The molecule has 0 spiro atoms. The van der Waals surface area contributed by atoms with Crippen molar-refractivity contribution in [3.05, 3.63) is 17.5 Å². The van der Waals surface area contributed by atoms with Gasteiger partial charge in [0.25, 0.3) is 0 Å². The number of aryl methyl sites for hydroxylation is 1. The molecule has 1 heterocycles. The van der Waals surface area contributed by atoms with Crippen LogP contribution in [0, 0.1) is 18.3 Å². The first-order valence-corrected chi connectivity index (χ1v) is 5.00. The molecule has 0 saturated heterocycles. The third-order valence-electron chi connectivity index (χ3n) is 1.92. The van der Waals surface area contributed by atoms with Gasteiger partial charge in [-0.3, -0.25) is 0 Å². The number of anilines is 1. The normalized spacial score (nSPS) is 10.9. The summed E-state index contributed by atoms with van der Waals surface area (Å²) in [7, 11) is 1.64. The van der Waals surface area contributed by atoms with Crippen molar-refractivity contribution in [2.45, 2.75) is 26.3 Å². The summed E-state index contributed by atoms with van der Waals surface area (Å²) in [6.07, 6.45) is 0. The lowest BCUT2D eigenvalue weighted by Gasteiger charge is -2.25. The number of nitriles is 1. The average Bonchev–Trinajstić information content (AvgIpc) is 2.15. The highest BCUT2D eigenvalue weighted by Crippen LogP contribution is 2.12. The lowest BCUT2D eigenvalue weighted by molar-refractivity contribution is 0.158. The first kappa shape index (κ1) is 12.4. The number of ether oxygens (including phenoxy) is 1. The summed E-state index contributed by atoms with van der Waals surface area (Å²) in [6.45, 7) is 6.33. The molecule has 0 fully saturated rings. The summed E-state index contributed by atoms with van der Waals surface area (Å²) < 4.78 is 5.08. The van der Waals surface area contributed by atoms with Crippen LogP contribution in [-0.2, 0) is 4.74 Å². The molecule has 0 aliphatic rings. The van der Waals surface area contributed by atoms with Crippen molar-refractivity contribution in [1.29, 1.82) is 5.26 Å². The van der Waals surface area contributed by atoms with Gasteiger partial charge in [0.15, 0.2) is 0 Å². The molecule has 0 saturated carbocycles. The maximum atomic E-state index is 8.80. The Balaban J connectivity index is 2.89. The van der Waals surface area contributed by atoms with Crippen molar-refractivity contribution in [3.8, 4) is 6.07 Å². The van der Waals surface area contributed by atoms with E-state index in [-0.39, 0.29) is 5.54 Å². The Morgan fingerprint density at radius 2 is 2.19 bits per heavy atom. The third kappa shape index (κ3) is 3.48. The van der Waals surface area contributed by atoms with Crippen LogP contribution in [0.3, 0.4) is 0 Å². The Hall–Kier alpha value is -1.67. The van der Waals surface area contributed by atoms with E-state index in [9.17, 15) is 0 Å². The van der Waals surface area contributed by atoms with Crippen molar-refractivity contribution in [2.24, 2.45) is 0 Å². The largest absolute Gasteiger partial charge is 0.382 e. The van der Waals surface area contributed by atoms with Crippen LogP contribution in [0.2, 0.25) is 0 Å². The number of hydrogen-bond acceptors (Lipinski definition) is 5. The summed E-state index contributed by atoms with van der Waals surface area (Å²) in [5, 5.41) is 11.9. The SMILES string of the molecule is COCC(C)(C)Nc1nc(C)cc(C#N)n1. The predicted octanol–water partition coefficient (Wildman–Crippen LogP) is 1.49. The van der Waals surface area contributed by atoms with Crippen LogP contribution in [0.15, 0.2) is 6.07 Å². The third-order valence-corrected chi connectivity index (χ3v) is 1.92. The predicted molar refractivity (Wildman–Crippen MR) is 61.1 cm³/mol. The molecule has 0 aromatic carbocycles. The minimum absolute atomic E-state index is 0.269. The van der Waals surface area contributed by atoms with Crippen LogP contribution < -0.4 is 5.32 Å². The van der Waals surface area contributed by atoms with Crippen LogP contribution in [0.4, 0.5) is 5.95 Å². The molecule has 0 aliphatic carbocycles. The van der Waals surface area contributed by atoms with Gasteiger partial charge in [0, 0.05) is 12.8 Å². The Morgan fingerprint density at radius 3 is 2.75 bits per heavy atom. The molecular formula is C11H16N4O. The van der Waals surface area contributed by atoms with E-state index in [0.717, 1.165) is 5.69 Å². The van der Waals surface area contributed by atoms with E-state index in [0.29, 0.717) is 18.2 Å². The Labute approximate surface area is 95.5 Å². The number of rotatable bonds is 4. The zero-order valence-electron chi connectivity index (χ0n) is 10.0. The average molecular weight is 220 g/mol. The van der Waals surface area contributed by atoms with Crippen LogP contribution in [0.1, 0.15) is 25.2 Å². The van der Waals surface area contributed by atoms with Gasteiger partial charge in [0.05, 0.1) is 12.1 Å². The van der Waals surface area contributed by atoms with Gasteiger partial charge in [0.2, 0.25) is 5.95 Å². The summed E-state index contributed by atoms with van der Waals surface area (Å²) in [5.41, 5.74) is 0.861. The van der Waals surface area contributed by atoms with Crippen LogP contribution in [0.5, 0.6) is 0 Å². The van der Waals surface area contributed by atoms with Crippen molar-refractivity contribution in [3.63, 3.8) is 0 Å². The van der Waals surface area contributed by atoms with Gasteiger partial charge in [0.1, 0.15) is 11.8 Å². The first-order chi connectivity index (χ1) is 7.46. The maximum Gasteiger partial charge on any atom is 0.224 e.